The van der Waals surface area contributed by atoms with Crippen LogP contribution in [0, 0.1) is 0 Å². The lowest BCUT2D eigenvalue weighted by atomic mass is 9.93. The maximum atomic E-state index is 6.33. The normalized spacial score (nSPS) is 12.1. The molecule has 17 heavy (non-hydrogen) atoms. The smallest absolute Gasteiger partial charge is 0.0278 e. The third-order valence-corrected chi connectivity index (χ3v) is 3.83. The molecule has 3 heteroatoms. The Morgan fingerprint density at radius 3 is 2.47 bits per heavy atom. The van der Waals surface area contributed by atoms with Crippen LogP contribution in [0.25, 0.3) is 0 Å². The van der Waals surface area contributed by atoms with Gasteiger partial charge in [0.2, 0.25) is 0 Å². The van der Waals surface area contributed by atoms with E-state index < -0.39 is 0 Å². The van der Waals surface area contributed by atoms with Gasteiger partial charge in [0.05, 0.1) is 0 Å². The average molecular weight is 299 g/mol. The van der Waals surface area contributed by atoms with Crippen LogP contribution in [-0.4, -0.2) is 24.0 Å². The summed E-state index contributed by atoms with van der Waals surface area (Å²) in [7, 11) is 2.13. The Morgan fingerprint density at radius 2 is 1.94 bits per heavy atom. The number of rotatable bonds is 6. The number of hydrogen-bond acceptors (Lipinski definition) is 2. The van der Waals surface area contributed by atoms with Gasteiger partial charge in [-0.1, -0.05) is 41.9 Å². The molecule has 0 fully saturated rings. The lowest BCUT2D eigenvalue weighted by Gasteiger charge is -2.32. The predicted octanol–water partition coefficient (Wildman–Crippen LogP) is 3.40. The molecule has 0 atom stereocenters. The van der Waals surface area contributed by atoms with Gasteiger partial charge in [0.15, 0.2) is 0 Å². The van der Waals surface area contributed by atoms with E-state index in [0.717, 1.165) is 30.4 Å². The summed E-state index contributed by atoms with van der Waals surface area (Å²) in [5, 5.41) is 0. The molecule has 1 rings (SSSR count). The zero-order valence-corrected chi connectivity index (χ0v) is 12.6. The minimum absolute atomic E-state index is 0.0548. The maximum Gasteiger partial charge on any atom is 0.0278 e. The highest BCUT2D eigenvalue weighted by Crippen LogP contribution is 2.16. The van der Waals surface area contributed by atoms with E-state index >= 15 is 0 Å². The molecule has 0 aliphatic heterocycles. The molecular weight excluding hydrogens is 276 g/mol. The minimum Gasteiger partial charge on any atom is -0.324 e. The first kappa shape index (κ1) is 14.7. The SMILES string of the molecule is CCC(N)(CC)CN(C)Cc1cccc(Br)c1. The highest BCUT2D eigenvalue weighted by Gasteiger charge is 2.22. The van der Waals surface area contributed by atoms with Crippen molar-refractivity contribution in [3.05, 3.63) is 34.3 Å². The Hall–Kier alpha value is -0.380. The van der Waals surface area contributed by atoms with Gasteiger partial charge in [0, 0.05) is 23.1 Å². The van der Waals surface area contributed by atoms with Crippen molar-refractivity contribution in [3.63, 3.8) is 0 Å². The van der Waals surface area contributed by atoms with Crippen molar-refractivity contribution in [1.29, 1.82) is 0 Å². The van der Waals surface area contributed by atoms with Crippen molar-refractivity contribution in [3.8, 4) is 0 Å². The predicted molar refractivity (Wildman–Crippen MR) is 78.0 cm³/mol. The molecule has 96 valence electrons. The van der Waals surface area contributed by atoms with Crippen molar-refractivity contribution < 1.29 is 0 Å². The summed E-state index contributed by atoms with van der Waals surface area (Å²) in [6.45, 7) is 6.21. The van der Waals surface area contributed by atoms with E-state index in [9.17, 15) is 0 Å². The molecule has 0 heterocycles. The van der Waals surface area contributed by atoms with Crippen LogP contribution in [0.4, 0.5) is 0 Å². The number of benzene rings is 1. The van der Waals surface area contributed by atoms with Crippen LogP contribution in [0.3, 0.4) is 0 Å². The monoisotopic (exact) mass is 298 g/mol. The number of nitrogens with zero attached hydrogens (tertiary/aromatic N) is 1. The molecule has 2 N–H and O–H groups in total. The summed E-state index contributed by atoms with van der Waals surface area (Å²) in [5.41, 5.74) is 7.59. The fourth-order valence-corrected chi connectivity index (χ4v) is 2.46. The number of halogens is 1. The Balaban J connectivity index is 2.58. The van der Waals surface area contributed by atoms with E-state index in [4.69, 9.17) is 5.73 Å². The summed E-state index contributed by atoms with van der Waals surface area (Å²) in [5.74, 6) is 0. The molecule has 0 aromatic heterocycles. The summed E-state index contributed by atoms with van der Waals surface area (Å²) in [6.07, 6.45) is 2.04. The van der Waals surface area contributed by atoms with Gasteiger partial charge in [-0.2, -0.15) is 0 Å². The van der Waals surface area contributed by atoms with E-state index in [1.807, 2.05) is 0 Å². The molecule has 0 amide bonds. The van der Waals surface area contributed by atoms with Crippen LogP contribution in [0.15, 0.2) is 28.7 Å². The Labute approximate surface area is 113 Å². The number of likely N-dealkylation sites (N-methyl/N-ethyl adjacent to an activating group) is 1. The Bertz CT molecular complexity index is 348. The van der Waals surface area contributed by atoms with Crippen molar-refractivity contribution >= 4 is 15.9 Å². The van der Waals surface area contributed by atoms with Gasteiger partial charge in [-0.25, -0.2) is 0 Å². The van der Waals surface area contributed by atoms with Gasteiger partial charge < -0.3 is 10.6 Å². The highest BCUT2D eigenvalue weighted by atomic mass is 79.9. The van der Waals surface area contributed by atoms with Crippen LogP contribution < -0.4 is 5.73 Å². The molecule has 2 nitrogen and oxygen atoms in total. The highest BCUT2D eigenvalue weighted by molar-refractivity contribution is 9.10. The fourth-order valence-electron chi connectivity index (χ4n) is 2.01. The first-order chi connectivity index (χ1) is 7.99. The zero-order chi connectivity index (χ0) is 12.9. The van der Waals surface area contributed by atoms with Crippen LogP contribution in [0.2, 0.25) is 0 Å². The molecule has 1 aromatic carbocycles. The second-order valence-corrected chi connectivity index (χ2v) is 5.79. The summed E-state index contributed by atoms with van der Waals surface area (Å²) >= 11 is 3.50. The topological polar surface area (TPSA) is 29.3 Å². The molecule has 0 saturated carbocycles. The van der Waals surface area contributed by atoms with Crippen LogP contribution in [0.5, 0.6) is 0 Å². The molecule has 0 radical (unpaired) electrons. The van der Waals surface area contributed by atoms with Crippen molar-refractivity contribution in [2.24, 2.45) is 5.73 Å². The van der Waals surface area contributed by atoms with Crippen molar-refractivity contribution in [2.75, 3.05) is 13.6 Å². The largest absolute Gasteiger partial charge is 0.324 e. The molecule has 0 spiro atoms. The Kier molecular flexibility index (Phi) is 5.63. The molecule has 0 unspecified atom stereocenters. The number of hydrogen-bond donors (Lipinski definition) is 1. The molecule has 0 saturated heterocycles. The molecule has 1 aromatic rings. The summed E-state index contributed by atoms with van der Waals surface area (Å²) in [4.78, 5) is 2.30. The van der Waals surface area contributed by atoms with Crippen molar-refractivity contribution in [2.45, 2.75) is 38.8 Å². The van der Waals surface area contributed by atoms with Gasteiger partial charge >= 0.3 is 0 Å². The zero-order valence-electron chi connectivity index (χ0n) is 11.0. The molecule has 0 aliphatic rings. The van der Waals surface area contributed by atoms with Gasteiger partial charge in [-0.05, 0) is 37.6 Å². The lowest BCUT2D eigenvalue weighted by Crippen LogP contribution is -2.48. The van der Waals surface area contributed by atoms with Crippen LogP contribution >= 0.6 is 15.9 Å². The summed E-state index contributed by atoms with van der Waals surface area (Å²) in [6, 6.07) is 8.43. The minimum atomic E-state index is -0.0548. The second kappa shape index (κ2) is 6.53. The van der Waals surface area contributed by atoms with Crippen LogP contribution in [-0.2, 0) is 6.54 Å². The maximum absolute atomic E-state index is 6.33. The fraction of sp³-hybridized carbons (Fsp3) is 0.571. The van der Waals surface area contributed by atoms with E-state index in [1.165, 1.54) is 5.56 Å². The third-order valence-electron chi connectivity index (χ3n) is 3.33. The standard InChI is InChI=1S/C14H23BrN2/c1-4-14(16,5-2)11-17(3)10-12-7-6-8-13(15)9-12/h6-9H,4-5,10-11,16H2,1-3H3. The average Bonchev–Trinajstić information content (AvgIpc) is 2.28. The van der Waals surface area contributed by atoms with E-state index in [-0.39, 0.29) is 5.54 Å². The number of nitrogens with two attached hydrogens (primary N) is 1. The quantitative estimate of drug-likeness (QED) is 0.872. The first-order valence-electron chi connectivity index (χ1n) is 6.21. The van der Waals surface area contributed by atoms with Gasteiger partial charge in [-0.3, -0.25) is 0 Å². The lowest BCUT2D eigenvalue weighted by molar-refractivity contribution is 0.228. The van der Waals surface area contributed by atoms with Gasteiger partial charge in [0.25, 0.3) is 0 Å². The van der Waals surface area contributed by atoms with E-state index in [1.54, 1.807) is 0 Å². The van der Waals surface area contributed by atoms with E-state index in [2.05, 4.69) is 66.0 Å². The first-order valence-corrected chi connectivity index (χ1v) is 7.00. The molecule has 0 aliphatic carbocycles. The van der Waals surface area contributed by atoms with Crippen molar-refractivity contribution in [1.82, 2.24) is 4.90 Å². The van der Waals surface area contributed by atoms with Crippen LogP contribution in [0.1, 0.15) is 32.3 Å². The second-order valence-electron chi connectivity index (χ2n) is 4.87. The summed E-state index contributed by atoms with van der Waals surface area (Å²) < 4.78 is 1.13. The Morgan fingerprint density at radius 1 is 1.29 bits per heavy atom. The van der Waals surface area contributed by atoms with E-state index in [0.29, 0.717) is 0 Å². The molecule has 0 bridgehead atoms. The molecular formula is C14H23BrN2. The third kappa shape index (κ3) is 4.78. The van der Waals surface area contributed by atoms with Gasteiger partial charge in [0.1, 0.15) is 0 Å². The van der Waals surface area contributed by atoms with Gasteiger partial charge in [-0.15, -0.1) is 0 Å².